The third kappa shape index (κ3) is 3.41. The lowest BCUT2D eigenvalue weighted by Crippen LogP contribution is -2.38. The van der Waals surface area contributed by atoms with E-state index in [0.717, 1.165) is 50.2 Å². The molecule has 2 fully saturated rings. The first-order chi connectivity index (χ1) is 12.6. The lowest BCUT2D eigenvalue weighted by molar-refractivity contribution is -0.122. The predicted octanol–water partition coefficient (Wildman–Crippen LogP) is 3.38. The Bertz CT molecular complexity index is 788. The van der Waals surface area contributed by atoms with Gasteiger partial charge in [0.2, 0.25) is 11.9 Å². The van der Waals surface area contributed by atoms with Crippen molar-refractivity contribution in [3.63, 3.8) is 0 Å². The summed E-state index contributed by atoms with van der Waals surface area (Å²) in [5.74, 6) is 1.18. The van der Waals surface area contributed by atoms with Gasteiger partial charge in [-0.2, -0.15) is 0 Å². The first-order valence-corrected chi connectivity index (χ1v) is 9.77. The molecule has 1 amide bonds. The molecule has 6 heteroatoms. The molecule has 5 nitrogen and oxygen atoms in total. The Morgan fingerprint density at radius 3 is 2.65 bits per heavy atom. The number of amides is 1. The molecule has 1 N–H and O–H groups in total. The molecule has 0 spiro atoms. The Kier molecular flexibility index (Phi) is 4.83. The van der Waals surface area contributed by atoms with Crippen LogP contribution in [0.5, 0.6) is 0 Å². The quantitative estimate of drug-likeness (QED) is 0.912. The Morgan fingerprint density at radius 2 is 1.96 bits per heavy atom. The van der Waals surface area contributed by atoms with Crippen molar-refractivity contribution in [2.75, 3.05) is 18.0 Å². The zero-order valence-corrected chi connectivity index (χ0v) is 15.4. The number of imidazole rings is 1. The van der Waals surface area contributed by atoms with Gasteiger partial charge < -0.3 is 14.8 Å². The number of piperidine rings is 1. The van der Waals surface area contributed by atoms with Gasteiger partial charge >= 0.3 is 0 Å². The summed E-state index contributed by atoms with van der Waals surface area (Å²) in [6, 6.07) is 5.47. The van der Waals surface area contributed by atoms with E-state index in [1.165, 1.54) is 18.9 Å². The lowest BCUT2D eigenvalue weighted by atomic mass is 9.93. The number of hydrogen-bond acceptors (Lipinski definition) is 3. The maximum atomic E-state index is 14.0. The molecule has 0 radical (unpaired) electrons. The fourth-order valence-corrected chi connectivity index (χ4v) is 4.41. The molecular weight excluding hydrogens is 331 g/mol. The van der Waals surface area contributed by atoms with Gasteiger partial charge in [0.05, 0.1) is 5.52 Å². The van der Waals surface area contributed by atoms with Crippen molar-refractivity contribution >= 4 is 22.9 Å². The van der Waals surface area contributed by atoms with Crippen LogP contribution in [0.15, 0.2) is 18.2 Å². The highest BCUT2D eigenvalue weighted by Gasteiger charge is 2.26. The van der Waals surface area contributed by atoms with Crippen LogP contribution in [0.1, 0.15) is 44.9 Å². The van der Waals surface area contributed by atoms with Crippen molar-refractivity contribution < 1.29 is 9.18 Å². The largest absolute Gasteiger partial charge is 0.353 e. The zero-order valence-electron chi connectivity index (χ0n) is 15.4. The fraction of sp³-hybridized carbons (Fsp3) is 0.600. The van der Waals surface area contributed by atoms with E-state index in [2.05, 4.69) is 15.2 Å². The number of nitrogens with zero attached hydrogens (tertiary/aromatic N) is 3. The van der Waals surface area contributed by atoms with Crippen LogP contribution in [0.3, 0.4) is 0 Å². The molecule has 0 bridgehead atoms. The van der Waals surface area contributed by atoms with Crippen molar-refractivity contribution in [2.45, 2.75) is 51.0 Å². The van der Waals surface area contributed by atoms with Gasteiger partial charge in [-0.1, -0.05) is 18.9 Å². The van der Waals surface area contributed by atoms with Crippen LogP contribution < -0.4 is 10.2 Å². The summed E-state index contributed by atoms with van der Waals surface area (Å²) in [7, 11) is 1.94. The molecule has 2 aliphatic rings. The zero-order chi connectivity index (χ0) is 18.1. The Labute approximate surface area is 153 Å². The summed E-state index contributed by atoms with van der Waals surface area (Å²) < 4.78 is 15.9. The van der Waals surface area contributed by atoms with Gasteiger partial charge in [-0.15, -0.1) is 0 Å². The number of aromatic nitrogens is 2. The van der Waals surface area contributed by atoms with Crippen molar-refractivity contribution in [2.24, 2.45) is 13.0 Å². The number of halogens is 1. The van der Waals surface area contributed by atoms with Gasteiger partial charge in [-0.05, 0) is 43.7 Å². The van der Waals surface area contributed by atoms with Crippen LogP contribution in [0.25, 0.3) is 11.0 Å². The third-order valence-corrected chi connectivity index (χ3v) is 5.93. The van der Waals surface area contributed by atoms with Crippen LogP contribution in [-0.4, -0.2) is 34.6 Å². The first kappa shape index (κ1) is 17.3. The second-order valence-corrected chi connectivity index (χ2v) is 7.76. The number of anilines is 1. The van der Waals surface area contributed by atoms with Crippen molar-refractivity contribution in [3.05, 3.63) is 24.0 Å². The standard InChI is InChI=1S/C20H27FN4O/c1-24-17-8-4-7-16(21)19(17)23-20(24)25-11-9-14(10-12-25)13-18(26)22-15-5-2-3-6-15/h4,7-8,14-15H,2-3,5-6,9-13H2,1H3,(H,22,26). The summed E-state index contributed by atoms with van der Waals surface area (Å²) in [6.45, 7) is 1.72. The van der Waals surface area contributed by atoms with Crippen LogP contribution in [0.2, 0.25) is 0 Å². The number of carbonyl (C=O) groups excluding carboxylic acids is 1. The minimum absolute atomic E-state index is 0.208. The third-order valence-electron chi connectivity index (χ3n) is 5.93. The van der Waals surface area contributed by atoms with Gasteiger partial charge in [0, 0.05) is 32.6 Å². The normalized spacial score (nSPS) is 19.4. The summed E-state index contributed by atoms with van der Waals surface area (Å²) in [5, 5.41) is 3.19. The maximum absolute atomic E-state index is 14.0. The highest BCUT2D eigenvalue weighted by atomic mass is 19.1. The van der Waals surface area contributed by atoms with E-state index in [9.17, 15) is 9.18 Å². The van der Waals surface area contributed by atoms with Gasteiger partial charge in [0.15, 0.2) is 5.82 Å². The SMILES string of the molecule is Cn1c(N2CCC(CC(=O)NC3CCCC3)CC2)nc2c(F)cccc21. The van der Waals surface area contributed by atoms with Crippen molar-refractivity contribution in [3.8, 4) is 0 Å². The number of benzene rings is 1. The molecule has 1 saturated heterocycles. The molecule has 2 aromatic rings. The molecule has 1 saturated carbocycles. The average molecular weight is 358 g/mol. The molecule has 4 rings (SSSR count). The highest BCUT2D eigenvalue weighted by Crippen LogP contribution is 2.28. The number of aryl methyl sites for hydroxylation is 1. The molecule has 1 aromatic heterocycles. The first-order valence-electron chi connectivity index (χ1n) is 9.77. The van der Waals surface area contributed by atoms with Crippen LogP contribution in [-0.2, 0) is 11.8 Å². The molecule has 0 unspecified atom stereocenters. The molecule has 2 heterocycles. The summed E-state index contributed by atoms with van der Waals surface area (Å²) >= 11 is 0. The minimum atomic E-state index is -0.275. The second kappa shape index (κ2) is 7.25. The van der Waals surface area contributed by atoms with Crippen LogP contribution >= 0.6 is 0 Å². The van der Waals surface area contributed by atoms with Crippen molar-refractivity contribution in [1.29, 1.82) is 0 Å². The average Bonchev–Trinajstić information content (AvgIpc) is 3.25. The number of hydrogen-bond donors (Lipinski definition) is 1. The smallest absolute Gasteiger partial charge is 0.220 e. The minimum Gasteiger partial charge on any atom is -0.353 e. The van der Waals surface area contributed by atoms with Gasteiger partial charge in [-0.3, -0.25) is 4.79 Å². The van der Waals surface area contributed by atoms with Crippen LogP contribution in [0.4, 0.5) is 10.3 Å². The van der Waals surface area contributed by atoms with Gasteiger partial charge in [0.25, 0.3) is 0 Å². The number of nitrogens with one attached hydrogen (secondary N) is 1. The summed E-state index contributed by atoms with van der Waals surface area (Å²) in [6.07, 6.45) is 7.32. The fourth-order valence-electron chi connectivity index (χ4n) is 4.41. The number of carbonyl (C=O) groups is 1. The topological polar surface area (TPSA) is 50.2 Å². The molecule has 26 heavy (non-hydrogen) atoms. The second-order valence-electron chi connectivity index (χ2n) is 7.76. The molecule has 1 aliphatic heterocycles. The molecular formula is C20H27FN4O. The highest BCUT2D eigenvalue weighted by molar-refractivity contribution is 5.79. The van der Waals surface area contributed by atoms with Gasteiger partial charge in [0.1, 0.15) is 5.52 Å². The number of rotatable bonds is 4. The van der Waals surface area contributed by atoms with E-state index in [1.54, 1.807) is 6.07 Å². The van der Waals surface area contributed by atoms with E-state index in [-0.39, 0.29) is 11.7 Å². The van der Waals surface area contributed by atoms with E-state index >= 15 is 0 Å². The summed E-state index contributed by atoms with van der Waals surface area (Å²) in [4.78, 5) is 19.0. The Morgan fingerprint density at radius 1 is 1.23 bits per heavy atom. The monoisotopic (exact) mass is 358 g/mol. The van der Waals surface area contributed by atoms with Gasteiger partial charge in [-0.25, -0.2) is 9.37 Å². The molecule has 0 atom stereocenters. The van der Waals surface area contributed by atoms with E-state index in [1.807, 2.05) is 17.7 Å². The molecule has 1 aromatic carbocycles. The van der Waals surface area contributed by atoms with Crippen LogP contribution in [0, 0.1) is 11.7 Å². The number of para-hydroxylation sites is 1. The summed E-state index contributed by atoms with van der Waals surface area (Å²) in [5.41, 5.74) is 1.25. The Balaban J connectivity index is 1.35. The predicted molar refractivity (Wildman–Crippen MR) is 101 cm³/mol. The molecule has 1 aliphatic carbocycles. The van der Waals surface area contributed by atoms with E-state index < -0.39 is 0 Å². The lowest BCUT2D eigenvalue weighted by Gasteiger charge is -2.32. The van der Waals surface area contributed by atoms with E-state index in [4.69, 9.17) is 0 Å². The number of fused-ring (bicyclic) bond motifs is 1. The maximum Gasteiger partial charge on any atom is 0.220 e. The van der Waals surface area contributed by atoms with Crippen molar-refractivity contribution in [1.82, 2.24) is 14.9 Å². The molecule has 140 valence electrons. The van der Waals surface area contributed by atoms with E-state index in [0.29, 0.717) is 23.9 Å². The Hall–Kier alpha value is -2.11.